The van der Waals surface area contributed by atoms with Crippen LogP contribution in [0.1, 0.15) is 35.5 Å². The minimum atomic E-state index is -0.568. The molecule has 1 fully saturated rings. The van der Waals surface area contributed by atoms with Crippen molar-refractivity contribution in [1.82, 2.24) is 9.47 Å². The van der Waals surface area contributed by atoms with E-state index in [2.05, 4.69) is 12.2 Å². The number of aromatic nitrogens is 1. The number of anilines is 1. The molecule has 2 aromatic carbocycles. The average molecular weight is 488 g/mol. The van der Waals surface area contributed by atoms with Gasteiger partial charge in [0.2, 0.25) is 0 Å². The average Bonchev–Trinajstić information content (AvgIpc) is 3.38. The minimum Gasteiger partial charge on any atom is -0.481 e. The third-order valence-electron chi connectivity index (χ3n) is 6.11. The van der Waals surface area contributed by atoms with E-state index in [9.17, 15) is 9.59 Å². The lowest BCUT2D eigenvalue weighted by molar-refractivity contribution is -0.142. The van der Waals surface area contributed by atoms with E-state index in [1.165, 1.54) is 5.56 Å². The Morgan fingerprint density at radius 2 is 1.89 bits per heavy atom. The summed E-state index contributed by atoms with van der Waals surface area (Å²) in [6.45, 7) is 6.73. The fourth-order valence-electron chi connectivity index (χ4n) is 4.13. The van der Waals surface area contributed by atoms with E-state index in [4.69, 9.17) is 9.47 Å². The van der Waals surface area contributed by atoms with Crippen LogP contribution in [0, 0.1) is 0 Å². The van der Waals surface area contributed by atoms with E-state index in [1.807, 2.05) is 83.6 Å². The number of nitrogens with one attached hydrogen (secondary N) is 1. The number of rotatable bonds is 9. The van der Waals surface area contributed by atoms with Crippen LogP contribution in [0.4, 0.5) is 5.69 Å². The molecule has 1 saturated heterocycles. The number of benzene rings is 2. The highest BCUT2D eigenvalue weighted by Gasteiger charge is 2.23. The summed E-state index contributed by atoms with van der Waals surface area (Å²) in [7, 11) is 0. The summed E-state index contributed by atoms with van der Waals surface area (Å²) in [5.74, 6) is 0.469. The number of ether oxygens (including phenoxy) is 2. The monoisotopic (exact) mass is 487 g/mol. The Morgan fingerprint density at radius 1 is 1.08 bits per heavy atom. The van der Waals surface area contributed by atoms with Crippen molar-refractivity contribution in [1.29, 1.82) is 0 Å². The van der Waals surface area contributed by atoms with Gasteiger partial charge in [-0.3, -0.25) is 9.59 Å². The van der Waals surface area contributed by atoms with Crippen LogP contribution in [0.5, 0.6) is 5.75 Å². The topological polar surface area (TPSA) is 72.8 Å². The molecule has 7 nitrogen and oxygen atoms in total. The maximum atomic E-state index is 12.8. The van der Waals surface area contributed by atoms with Crippen molar-refractivity contribution in [2.75, 3.05) is 31.6 Å². The number of amides is 2. The van der Waals surface area contributed by atoms with Gasteiger partial charge in [-0.15, -0.1) is 0 Å². The van der Waals surface area contributed by atoms with Gasteiger partial charge in [0.25, 0.3) is 11.8 Å². The lowest BCUT2D eigenvalue weighted by Crippen LogP contribution is -2.46. The summed E-state index contributed by atoms with van der Waals surface area (Å²) in [5.41, 5.74) is 3.51. The van der Waals surface area contributed by atoms with Crippen LogP contribution < -0.4 is 10.1 Å². The van der Waals surface area contributed by atoms with Gasteiger partial charge in [0.1, 0.15) is 11.4 Å². The Hall–Kier alpha value is -3.84. The zero-order chi connectivity index (χ0) is 25.3. The van der Waals surface area contributed by atoms with Gasteiger partial charge >= 0.3 is 0 Å². The molecule has 36 heavy (non-hydrogen) atoms. The second-order valence-corrected chi connectivity index (χ2v) is 8.73. The molecule has 0 unspecified atom stereocenters. The van der Waals surface area contributed by atoms with Gasteiger partial charge in [0, 0.05) is 31.5 Å². The highest BCUT2D eigenvalue weighted by atomic mass is 16.5. The molecular weight excluding hydrogens is 454 g/mol. The molecule has 2 heterocycles. The third kappa shape index (κ3) is 6.64. The lowest BCUT2D eigenvalue weighted by Gasteiger charge is -2.29. The van der Waals surface area contributed by atoms with Crippen molar-refractivity contribution >= 4 is 23.6 Å². The first kappa shape index (κ1) is 25.3. The smallest absolute Gasteiger partial charge is 0.272 e. The molecule has 1 aromatic heterocycles. The Morgan fingerprint density at radius 3 is 2.69 bits per heavy atom. The standard InChI is InChI=1S/C29H33N3O4/c1-3-23-8-4-11-25(20-23)30-28(33)27-13-7-15-31(27)14-6-10-24-9-5-12-26(21-24)36-22(2)29(34)32-16-18-35-19-17-32/h4-13,15,20-22H,3,14,16-19H2,1-2H3,(H,30,33)/b10-6+/t22-/m0/s1. The molecule has 2 amide bonds. The highest BCUT2D eigenvalue weighted by Crippen LogP contribution is 2.18. The molecule has 1 aliphatic rings. The van der Waals surface area contributed by atoms with E-state index in [-0.39, 0.29) is 11.8 Å². The van der Waals surface area contributed by atoms with Crippen LogP contribution in [0.15, 0.2) is 72.9 Å². The molecule has 4 rings (SSSR count). The second-order valence-electron chi connectivity index (χ2n) is 8.73. The third-order valence-corrected chi connectivity index (χ3v) is 6.11. The number of allylic oxidation sites excluding steroid dienone is 1. The van der Waals surface area contributed by atoms with E-state index in [0.29, 0.717) is 44.3 Å². The summed E-state index contributed by atoms with van der Waals surface area (Å²) < 4.78 is 13.1. The quantitative estimate of drug-likeness (QED) is 0.477. The molecule has 1 atom stereocenters. The Bertz CT molecular complexity index is 1210. The van der Waals surface area contributed by atoms with Gasteiger partial charge in [-0.1, -0.05) is 43.3 Å². The molecule has 7 heteroatoms. The number of carbonyl (C=O) groups is 2. The molecule has 0 saturated carbocycles. The van der Waals surface area contributed by atoms with E-state index >= 15 is 0 Å². The first-order valence-corrected chi connectivity index (χ1v) is 12.4. The van der Waals surface area contributed by atoms with Crippen molar-refractivity contribution in [3.8, 4) is 5.75 Å². The van der Waals surface area contributed by atoms with Crippen molar-refractivity contribution < 1.29 is 19.1 Å². The van der Waals surface area contributed by atoms with E-state index in [1.54, 1.807) is 11.8 Å². The van der Waals surface area contributed by atoms with Crippen LogP contribution >= 0.6 is 0 Å². The number of hydrogen-bond acceptors (Lipinski definition) is 4. The molecule has 1 N–H and O–H groups in total. The van der Waals surface area contributed by atoms with Gasteiger partial charge in [0.05, 0.1) is 13.2 Å². The first-order valence-electron chi connectivity index (χ1n) is 12.4. The van der Waals surface area contributed by atoms with Crippen LogP contribution in [-0.4, -0.2) is 53.7 Å². The Balaban J connectivity index is 1.35. The molecule has 0 aliphatic carbocycles. The Kier molecular flexibility index (Phi) is 8.57. The van der Waals surface area contributed by atoms with Crippen LogP contribution in [0.2, 0.25) is 0 Å². The van der Waals surface area contributed by atoms with Gasteiger partial charge in [0.15, 0.2) is 6.10 Å². The highest BCUT2D eigenvalue weighted by molar-refractivity contribution is 6.03. The first-order chi connectivity index (χ1) is 17.5. The number of morpholine rings is 1. The van der Waals surface area contributed by atoms with Gasteiger partial charge in [-0.2, -0.15) is 0 Å². The maximum Gasteiger partial charge on any atom is 0.272 e. The normalized spacial score (nSPS) is 14.6. The largest absolute Gasteiger partial charge is 0.481 e. The van der Waals surface area contributed by atoms with Gasteiger partial charge in [-0.25, -0.2) is 0 Å². The SMILES string of the molecule is CCc1cccc(NC(=O)c2cccn2C/C=C/c2cccc(O[C@@H](C)C(=O)N3CCOCC3)c2)c1. The predicted molar refractivity (Wildman–Crippen MR) is 141 cm³/mol. The molecule has 188 valence electrons. The fourth-order valence-corrected chi connectivity index (χ4v) is 4.13. The molecule has 0 spiro atoms. The second kappa shape index (κ2) is 12.2. The van der Waals surface area contributed by atoms with Crippen molar-refractivity contribution in [2.24, 2.45) is 0 Å². The minimum absolute atomic E-state index is 0.0286. The summed E-state index contributed by atoms with van der Waals surface area (Å²) in [6.07, 6.45) is 6.21. The Labute approximate surface area is 212 Å². The zero-order valence-electron chi connectivity index (χ0n) is 20.9. The predicted octanol–water partition coefficient (Wildman–Crippen LogP) is 4.64. The summed E-state index contributed by atoms with van der Waals surface area (Å²) in [5, 5.41) is 2.99. The van der Waals surface area contributed by atoms with Crippen LogP contribution in [0.25, 0.3) is 6.08 Å². The molecule has 1 aliphatic heterocycles. The number of nitrogens with zero attached hydrogens (tertiary/aromatic N) is 2. The number of carbonyl (C=O) groups excluding carboxylic acids is 2. The van der Waals surface area contributed by atoms with Crippen LogP contribution in [-0.2, 0) is 22.5 Å². The number of aryl methyl sites for hydroxylation is 1. The number of hydrogen-bond donors (Lipinski definition) is 1. The van der Waals surface area contributed by atoms with Gasteiger partial charge < -0.3 is 24.3 Å². The molecular formula is C29H33N3O4. The lowest BCUT2D eigenvalue weighted by atomic mass is 10.1. The summed E-state index contributed by atoms with van der Waals surface area (Å²) >= 11 is 0. The van der Waals surface area contributed by atoms with Crippen molar-refractivity contribution in [3.05, 3.63) is 89.8 Å². The van der Waals surface area contributed by atoms with Crippen LogP contribution in [0.3, 0.4) is 0 Å². The van der Waals surface area contributed by atoms with E-state index < -0.39 is 6.10 Å². The fraction of sp³-hybridized carbons (Fsp3) is 0.310. The summed E-state index contributed by atoms with van der Waals surface area (Å²) in [4.78, 5) is 27.2. The van der Waals surface area contributed by atoms with Crippen molar-refractivity contribution in [3.63, 3.8) is 0 Å². The molecule has 0 radical (unpaired) electrons. The molecule has 3 aromatic rings. The van der Waals surface area contributed by atoms with Gasteiger partial charge in [-0.05, 0) is 60.9 Å². The zero-order valence-corrected chi connectivity index (χ0v) is 20.9. The van der Waals surface area contributed by atoms with Crippen molar-refractivity contribution in [2.45, 2.75) is 32.9 Å². The summed E-state index contributed by atoms with van der Waals surface area (Å²) in [6, 6.07) is 19.2. The maximum absolute atomic E-state index is 12.8. The van der Waals surface area contributed by atoms with E-state index in [0.717, 1.165) is 17.7 Å². The molecule has 0 bridgehead atoms.